The van der Waals surface area contributed by atoms with Gasteiger partial charge in [0.2, 0.25) is 6.33 Å². The highest BCUT2D eigenvalue weighted by molar-refractivity contribution is 5.85. The molecule has 0 saturated heterocycles. The molecule has 0 atom stereocenters. The molecule has 17 heavy (non-hydrogen) atoms. The molecule has 3 heteroatoms. The van der Waals surface area contributed by atoms with Crippen LogP contribution in [0.5, 0.6) is 0 Å². The van der Waals surface area contributed by atoms with Gasteiger partial charge in [0.1, 0.15) is 12.4 Å². The Bertz CT molecular complexity index is 271. The van der Waals surface area contributed by atoms with E-state index in [0.29, 0.717) is 0 Å². The van der Waals surface area contributed by atoms with Gasteiger partial charge in [-0.2, -0.15) is 0 Å². The number of aryl methyl sites for hydroxylation is 2. The first kappa shape index (κ1) is 16.5. The van der Waals surface area contributed by atoms with Gasteiger partial charge in [0.15, 0.2) is 0 Å². The van der Waals surface area contributed by atoms with E-state index in [2.05, 4.69) is 41.8 Å². The molecule has 0 N–H and O–H groups in total. The van der Waals surface area contributed by atoms with Crippen molar-refractivity contribution in [3.63, 3.8) is 0 Å². The molecule has 1 heterocycles. The predicted molar refractivity (Wildman–Crippen MR) is 75.5 cm³/mol. The third kappa shape index (κ3) is 8.25. The van der Waals surface area contributed by atoms with Crippen LogP contribution in [0.3, 0.4) is 0 Å². The van der Waals surface area contributed by atoms with E-state index in [1.165, 1.54) is 57.9 Å². The van der Waals surface area contributed by atoms with Crippen molar-refractivity contribution in [3.8, 4) is 0 Å². The molecule has 1 aromatic heterocycles. The highest BCUT2D eigenvalue weighted by atomic mass is 35.5. The highest BCUT2D eigenvalue weighted by Gasteiger charge is 1.98. The van der Waals surface area contributed by atoms with Crippen LogP contribution in [0, 0.1) is 0 Å². The molecule has 0 saturated carbocycles. The van der Waals surface area contributed by atoms with Gasteiger partial charge in [-0.3, -0.25) is 0 Å². The number of halogens is 1. The first-order valence-electron chi connectivity index (χ1n) is 6.84. The summed E-state index contributed by atoms with van der Waals surface area (Å²) < 4.78 is 4.38. The van der Waals surface area contributed by atoms with Crippen molar-refractivity contribution in [2.75, 3.05) is 0 Å². The van der Waals surface area contributed by atoms with Gasteiger partial charge < -0.3 is 0 Å². The minimum atomic E-state index is 0. The lowest BCUT2D eigenvalue weighted by Gasteiger charge is -2.00. The smallest absolute Gasteiger partial charge is 0.240 e. The number of hydrogen-bond acceptors (Lipinski definition) is 0. The van der Waals surface area contributed by atoms with Gasteiger partial charge in [0, 0.05) is 0 Å². The van der Waals surface area contributed by atoms with Crippen molar-refractivity contribution in [1.82, 2.24) is 4.57 Å². The van der Waals surface area contributed by atoms with Crippen LogP contribution < -0.4 is 4.57 Å². The standard InChI is InChI=1S/C14H27N2.ClH/c1-3-4-5-6-7-8-9-10-11-16-13-12-15(2)14-16;/h12-14H,3-11H2,1-2H3;1H/q+1;. The van der Waals surface area contributed by atoms with Crippen molar-refractivity contribution in [2.24, 2.45) is 7.05 Å². The van der Waals surface area contributed by atoms with Crippen LogP contribution in [0.1, 0.15) is 58.3 Å². The lowest BCUT2D eigenvalue weighted by molar-refractivity contribution is -0.671. The van der Waals surface area contributed by atoms with Crippen molar-refractivity contribution in [1.29, 1.82) is 0 Å². The predicted octanol–water partition coefficient (Wildman–Crippen LogP) is 3.88. The van der Waals surface area contributed by atoms with Crippen LogP contribution in [-0.2, 0) is 13.6 Å². The summed E-state index contributed by atoms with van der Waals surface area (Å²) in [5.74, 6) is 0. The molecule has 0 spiro atoms. The Kier molecular flexibility index (Phi) is 10.3. The summed E-state index contributed by atoms with van der Waals surface area (Å²) in [6.45, 7) is 3.45. The van der Waals surface area contributed by atoms with Gasteiger partial charge in [-0.1, -0.05) is 45.4 Å². The zero-order valence-electron chi connectivity index (χ0n) is 11.4. The average molecular weight is 260 g/mol. The highest BCUT2D eigenvalue weighted by Crippen LogP contribution is 2.08. The number of aromatic nitrogens is 2. The maximum absolute atomic E-state index is 2.27. The van der Waals surface area contributed by atoms with Crippen molar-refractivity contribution in [2.45, 2.75) is 64.8 Å². The summed E-state index contributed by atoms with van der Waals surface area (Å²) >= 11 is 0. The molecular weight excluding hydrogens is 232 g/mol. The van der Waals surface area contributed by atoms with Gasteiger partial charge in [-0.15, -0.1) is 12.4 Å². The Labute approximate surface area is 112 Å². The molecule has 0 bridgehead atoms. The van der Waals surface area contributed by atoms with Crippen LogP contribution in [0.25, 0.3) is 0 Å². The molecular formula is C14H28ClN2+. The molecule has 100 valence electrons. The molecule has 1 rings (SSSR count). The normalized spacial score (nSPS) is 10.2. The van der Waals surface area contributed by atoms with E-state index < -0.39 is 0 Å². The van der Waals surface area contributed by atoms with Gasteiger partial charge in [-0.25, -0.2) is 9.13 Å². The number of imidazole rings is 1. The number of nitrogens with zero attached hydrogens (tertiary/aromatic N) is 2. The third-order valence-electron chi connectivity index (χ3n) is 3.09. The fraction of sp³-hybridized carbons (Fsp3) is 0.786. The number of unbranched alkanes of at least 4 members (excludes halogenated alkanes) is 7. The minimum Gasteiger partial charge on any atom is -0.240 e. The van der Waals surface area contributed by atoms with E-state index in [9.17, 15) is 0 Å². The Morgan fingerprint density at radius 3 is 2.06 bits per heavy atom. The Morgan fingerprint density at radius 2 is 1.53 bits per heavy atom. The largest absolute Gasteiger partial charge is 0.243 e. The quantitative estimate of drug-likeness (QED) is 0.470. The minimum absolute atomic E-state index is 0. The first-order chi connectivity index (χ1) is 7.83. The monoisotopic (exact) mass is 259 g/mol. The van der Waals surface area contributed by atoms with Crippen molar-refractivity contribution in [3.05, 3.63) is 18.7 Å². The van der Waals surface area contributed by atoms with Gasteiger partial charge in [-0.05, 0) is 12.8 Å². The molecule has 0 aliphatic heterocycles. The van der Waals surface area contributed by atoms with E-state index in [1.54, 1.807) is 0 Å². The van der Waals surface area contributed by atoms with E-state index in [0.717, 1.165) is 0 Å². The SMILES string of the molecule is CCCCCCCCCCn1cc[n+](C)c1.Cl. The fourth-order valence-electron chi connectivity index (χ4n) is 2.06. The van der Waals surface area contributed by atoms with Crippen LogP contribution in [-0.4, -0.2) is 4.57 Å². The summed E-state index contributed by atoms with van der Waals surface area (Å²) in [7, 11) is 2.07. The zero-order chi connectivity index (χ0) is 11.6. The molecule has 0 aliphatic rings. The van der Waals surface area contributed by atoms with Crippen LogP contribution in [0.15, 0.2) is 18.7 Å². The first-order valence-corrected chi connectivity index (χ1v) is 6.84. The topological polar surface area (TPSA) is 8.81 Å². The zero-order valence-corrected chi connectivity index (χ0v) is 12.2. The van der Waals surface area contributed by atoms with E-state index >= 15 is 0 Å². The molecule has 1 aromatic rings. The van der Waals surface area contributed by atoms with Gasteiger partial charge >= 0.3 is 0 Å². The molecule has 0 aromatic carbocycles. The van der Waals surface area contributed by atoms with E-state index in [1.807, 2.05) is 0 Å². The average Bonchev–Trinajstić information content (AvgIpc) is 2.68. The van der Waals surface area contributed by atoms with E-state index in [4.69, 9.17) is 0 Å². The second-order valence-corrected chi connectivity index (χ2v) is 4.79. The Balaban J connectivity index is 0.00000256. The molecule has 0 unspecified atom stereocenters. The molecule has 0 radical (unpaired) electrons. The van der Waals surface area contributed by atoms with Crippen molar-refractivity contribution >= 4 is 12.4 Å². The molecule has 2 nitrogen and oxygen atoms in total. The van der Waals surface area contributed by atoms with Crippen LogP contribution in [0.4, 0.5) is 0 Å². The molecule has 0 amide bonds. The third-order valence-corrected chi connectivity index (χ3v) is 3.09. The molecule has 0 aliphatic carbocycles. The van der Waals surface area contributed by atoms with Gasteiger partial charge in [0.05, 0.1) is 13.6 Å². The Morgan fingerprint density at radius 1 is 0.941 bits per heavy atom. The number of rotatable bonds is 9. The number of hydrogen-bond donors (Lipinski definition) is 0. The summed E-state index contributed by atoms with van der Waals surface area (Å²) in [6, 6.07) is 0. The fourth-order valence-corrected chi connectivity index (χ4v) is 2.06. The maximum atomic E-state index is 2.27. The summed E-state index contributed by atoms with van der Waals surface area (Å²) in [5, 5.41) is 0. The van der Waals surface area contributed by atoms with Crippen LogP contribution in [0.2, 0.25) is 0 Å². The maximum Gasteiger partial charge on any atom is 0.243 e. The van der Waals surface area contributed by atoms with Crippen LogP contribution >= 0.6 is 12.4 Å². The van der Waals surface area contributed by atoms with Crippen molar-refractivity contribution < 1.29 is 4.57 Å². The van der Waals surface area contributed by atoms with E-state index in [-0.39, 0.29) is 12.4 Å². The summed E-state index contributed by atoms with van der Waals surface area (Å²) in [6.07, 6.45) is 17.6. The second-order valence-electron chi connectivity index (χ2n) is 4.79. The second kappa shape index (κ2) is 10.6. The lowest BCUT2D eigenvalue weighted by Crippen LogP contribution is -2.23. The molecule has 0 fully saturated rings. The lowest BCUT2D eigenvalue weighted by atomic mass is 10.1. The summed E-state index contributed by atoms with van der Waals surface area (Å²) in [5.41, 5.74) is 0. The van der Waals surface area contributed by atoms with Gasteiger partial charge in [0.25, 0.3) is 0 Å². The Hall–Kier alpha value is -0.500. The summed E-state index contributed by atoms with van der Waals surface area (Å²) in [4.78, 5) is 0.